The summed E-state index contributed by atoms with van der Waals surface area (Å²) in [6.45, 7) is 2.20. The van der Waals surface area contributed by atoms with Crippen LogP contribution in [0.3, 0.4) is 0 Å². The van der Waals surface area contributed by atoms with Gasteiger partial charge in [0.2, 0.25) is 0 Å². The molecule has 1 fully saturated rings. The highest BCUT2D eigenvalue weighted by Gasteiger charge is 2.22. The topological polar surface area (TPSA) is 9.23 Å². The van der Waals surface area contributed by atoms with Gasteiger partial charge in [-0.1, -0.05) is 31.2 Å². The summed E-state index contributed by atoms with van der Waals surface area (Å²) in [4.78, 5) is 0. The van der Waals surface area contributed by atoms with E-state index in [0.29, 0.717) is 0 Å². The third-order valence-corrected chi connectivity index (χ3v) is 2.94. The van der Waals surface area contributed by atoms with Gasteiger partial charge in [-0.2, -0.15) is 8.78 Å². The largest absolute Gasteiger partial charge is 0.366 e. The second-order valence-corrected chi connectivity index (χ2v) is 4.81. The number of hydrogen-bond donors (Lipinski definition) is 0. The van der Waals surface area contributed by atoms with Crippen LogP contribution in [-0.2, 0) is 11.2 Å². The van der Waals surface area contributed by atoms with Crippen molar-refractivity contribution in [2.45, 2.75) is 38.0 Å². The molecule has 0 saturated heterocycles. The molecule has 0 bridgehead atoms. The van der Waals surface area contributed by atoms with E-state index in [4.69, 9.17) is 0 Å². The summed E-state index contributed by atoms with van der Waals surface area (Å²) < 4.78 is 26.0. The third kappa shape index (κ3) is 6.09. The van der Waals surface area contributed by atoms with E-state index >= 15 is 0 Å². The molecule has 0 aromatic heterocycles. The molecule has 2 rings (SSSR count). The quantitative estimate of drug-likeness (QED) is 0.741. The van der Waals surface area contributed by atoms with Crippen LogP contribution in [-0.4, -0.2) is 13.0 Å². The first-order chi connectivity index (χ1) is 7.96. The lowest BCUT2D eigenvalue weighted by molar-refractivity contribution is -0.141. The van der Waals surface area contributed by atoms with Crippen LogP contribution in [0, 0.1) is 0 Å². The van der Waals surface area contributed by atoms with E-state index < -0.39 is 5.85 Å². The molecular formula is C13H19F2OP. The van der Waals surface area contributed by atoms with Crippen molar-refractivity contribution >= 4 is 9.24 Å². The van der Waals surface area contributed by atoms with Crippen molar-refractivity contribution in [3.05, 3.63) is 35.4 Å². The van der Waals surface area contributed by atoms with Gasteiger partial charge in [0.05, 0.1) is 0 Å². The average Bonchev–Trinajstić information content (AvgIpc) is 3.13. The Morgan fingerprint density at radius 2 is 1.76 bits per heavy atom. The van der Waals surface area contributed by atoms with Crippen molar-refractivity contribution in [3.63, 3.8) is 0 Å². The molecule has 1 aliphatic rings. The molecule has 0 radical (unpaired) electrons. The summed E-state index contributed by atoms with van der Waals surface area (Å²) in [5.41, 5.74) is 3.00. The van der Waals surface area contributed by atoms with Crippen LogP contribution in [0.15, 0.2) is 24.3 Å². The summed E-state index contributed by atoms with van der Waals surface area (Å²) in [7, 11) is 2.17. The number of rotatable bonds is 3. The molecule has 1 nitrogen and oxygen atoms in total. The van der Waals surface area contributed by atoms with E-state index in [0.717, 1.165) is 19.4 Å². The summed E-state index contributed by atoms with van der Waals surface area (Å²) in [5, 5.41) is 0. The Morgan fingerprint density at radius 1 is 1.29 bits per heavy atom. The molecule has 4 heteroatoms. The fourth-order valence-corrected chi connectivity index (χ4v) is 1.44. The number of hydrogen-bond acceptors (Lipinski definition) is 1. The molecule has 0 N–H and O–H groups in total. The molecule has 0 heterocycles. The number of methoxy groups -OCH3 is 1. The SMILES string of the molecule is CCc1ccc(C2CC2)cc1.COC(F)(F)P. The minimum Gasteiger partial charge on any atom is -0.321 e. The fourth-order valence-electron chi connectivity index (χ4n) is 1.44. The van der Waals surface area contributed by atoms with E-state index in [1.807, 2.05) is 0 Å². The van der Waals surface area contributed by atoms with Gasteiger partial charge in [-0.25, -0.2) is 0 Å². The Labute approximate surface area is 104 Å². The van der Waals surface area contributed by atoms with Crippen molar-refractivity contribution in [3.8, 4) is 0 Å². The monoisotopic (exact) mass is 260 g/mol. The Balaban J connectivity index is 0.000000209. The van der Waals surface area contributed by atoms with Gasteiger partial charge in [0, 0.05) is 7.11 Å². The molecule has 1 aromatic rings. The Kier molecular flexibility index (Phi) is 5.48. The highest BCUT2D eigenvalue weighted by molar-refractivity contribution is 7.17. The summed E-state index contributed by atoms with van der Waals surface area (Å²) in [6, 6.07) is 9.09. The number of benzene rings is 1. The Morgan fingerprint density at radius 3 is 2.06 bits per heavy atom. The van der Waals surface area contributed by atoms with Crippen LogP contribution in [0.2, 0.25) is 0 Å². The summed E-state index contributed by atoms with van der Waals surface area (Å²) in [5.74, 6) is -2.14. The molecule has 1 aromatic carbocycles. The molecule has 0 spiro atoms. The molecule has 1 atom stereocenters. The van der Waals surface area contributed by atoms with Gasteiger partial charge in [0.1, 0.15) is 0 Å². The van der Waals surface area contributed by atoms with Crippen LogP contribution in [0.4, 0.5) is 8.78 Å². The zero-order valence-electron chi connectivity index (χ0n) is 10.2. The predicted octanol–water partition coefficient (Wildman–Crippen LogP) is 4.18. The van der Waals surface area contributed by atoms with Gasteiger partial charge < -0.3 is 4.74 Å². The highest BCUT2D eigenvalue weighted by Crippen LogP contribution is 2.39. The maximum atomic E-state index is 11.2. The van der Waals surface area contributed by atoms with Gasteiger partial charge >= 0.3 is 5.85 Å². The predicted molar refractivity (Wildman–Crippen MR) is 69.5 cm³/mol. The zero-order valence-corrected chi connectivity index (χ0v) is 11.4. The maximum absolute atomic E-state index is 11.2. The van der Waals surface area contributed by atoms with Crippen molar-refractivity contribution in [1.82, 2.24) is 0 Å². The molecule has 0 amide bonds. The minimum absolute atomic E-state index is 0.904. The van der Waals surface area contributed by atoms with E-state index in [-0.39, 0.29) is 0 Å². The number of aryl methyl sites for hydroxylation is 1. The second kappa shape index (κ2) is 6.42. The van der Waals surface area contributed by atoms with Gasteiger partial charge in [-0.05, 0) is 45.5 Å². The number of alkyl halides is 2. The Hall–Kier alpha value is -0.530. The molecule has 0 aliphatic heterocycles. The van der Waals surface area contributed by atoms with Crippen LogP contribution in [0.25, 0.3) is 0 Å². The zero-order chi connectivity index (χ0) is 12.9. The van der Waals surface area contributed by atoms with Gasteiger partial charge in [-0.3, -0.25) is 0 Å². The van der Waals surface area contributed by atoms with Gasteiger partial charge in [0.15, 0.2) is 0 Å². The lowest BCUT2D eigenvalue weighted by Crippen LogP contribution is -2.05. The fraction of sp³-hybridized carbons (Fsp3) is 0.538. The summed E-state index contributed by atoms with van der Waals surface area (Å²) in [6.07, 6.45) is 3.97. The van der Waals surface area contributed by atoms with Crippen molar-refractivity contribution in [1.29, 1.82) is 0 Å². The highest BCUT2D eigenvalue weighted by atomic mass is 31.0. The van der Waals surface area contributed by atoms with Crippen LogP contribution in [0.5, 0.6) is 0 Å². The first-order valence-corrected chi connectivity index (χ1v) is 6.34. The molecule has 96 valence electrons. The first-order valence-electron chi connectivity index (χ1n) is 5.77. The average molecular weight is 260 g/mol. The molecular weight excluding hydrogens is 241 g/mol. The van der Waals surface area contributed by atoms with Gasteiger partial charge in [-0.15, -0.1) is 0 Å². The van der Waals surface area contributed by atoms with E-state index in [1.165, 1.54) is 27.6 Å². The maximum Gasteiger partial charge on any atom is 0.366 e. The minimum atomic E-state index is -3.04. The standard InChI is InChI=1S/C11H14.C2H5F2OP/c1-2-9-3-5-10(6-4-9)11-7-8-11;1-5-2(3,4)6/h3-6,11H,2,7-8H2,1H3;6H2,1H3. The number of ether oxygens (including phenoxy) is 1. The lowest BCUT2D eigenvalue weighted by Gasteiger charge is -2.03. The van der Waals surface area contributed by atoms with E-state index in [1.54, 1.807) is 5.56 Å². The van der Waals surface area contributed by atoms with Crippen LogP contribution < -0.4 is 0 Å². The Bertz CT molecular complexity index is 328. The first kappa shape index (κ1) is 14.5. The third-order valence-electron chi connectivity index (χ3n) is 2.71. The smallest absolute Gasteiger partial charge is 0.321 e. The van der Waals surface area contributed by atoms with Crippen LogP contribution in [0.1, 0.15) is 36.8 Å². The molecule has 17 heavy (non-hydrogen) atoms. The normalized spacial score (nSPS) is 15.1. The van der Waals surface area contributed by atoms with Gasteiger partial charge in [0.25, 0.3) is 0 Å². The molecule has 1 aliphatic carbocycles. The molecule has 1 saturated carbocycles. The molecule has 1 unspecified atom stereocenters. The summed E-state index contributed by atoms with van der Waals surface area (Å²) >= 11 is 0. The van der Waals surface area contributed by atoms with E-state index in [9.17, 15) is 8.78 Å². The van der Waals surface area contributed by atoms with Crippen molar-refractivity contribution in [2.24, 2.45) is 0 Å². The van der Waals surface area contributed by atoms with Crippen molar-refractivity contribution < 1.29 is 13.5 Å². The lowest BCUT2D eigenvalue weighted by atomic mass is 10.1. The van der Waals surface area contributed by atoms with Crippen LogP contribution >= 0.6 is 9.24 Å². The number of halogens is 2. The van der Waals surface area contributed by atoms with E-state index in [2.05, 4.69) is 35.9 Å². The van der Waals surface area contributed by atoms with Crippen molar-refractivity contribution in [2.75, 3.05) is 7.11 Å². The second-order valence-electron chi connectivity index (χ2n) is 4.14.